The van der Waals surface area contributed by atoms with Crippen LogP contribution in [0.5, 0.6) is 0 Å². The van der Waals surface area contributed by atoms with Gasteiger partial charge in [0.15, 0.2) is 0 Å². The van der Waals surface area contributed by atoms with E-state index in [4.69, 9.17) is 4.74 Å². The number of hydrogen-bond donors (Lipinski definition) is 1. The van der Waals surface area contributed by atoms with Crippen molar-refractivity contribution in [1.29, 1.82) is 0 Å². The Morgan fingerprint density at radius 1 is 1.41 bits per heavy atom. The number of halogens is 1. The monoisotopic (exact) mass is 393 g/mol. The molecule has 0 spiro atoms. The second-order valence-corrected chi connectivity index (χ2v) is 7.68. The van der Waals surface area contributed by atoms with Crippen molar-refractivity contribution in [3.8, 4) is 0 Å². The number of nitrogens with zero attached hydrogens (tertiary/aromatic N) is 3. The van der Waals surface area contributed by atoms with Gasteiger partial charge >= 0.3 is 5.97 Å². The third kappa shape index (κ3) is 4.51. The molecule has 1 saturated heterocycles. The molecule has 0 saturated carbocycles. The van der Waals surface area contributed by atoms with Crippen molar-refractivity contribution >= 4 is 17.7 Å². The highest BCUT2D eigenvalue weighted by atomic mass is 32.2. The third-order valence-corrected chi connectivity index (χ3v) is 5.62. The molecule has 1 atom stereocenters. The summed E-state index contributed by atoms with van der Waals surface area (Å²) in [4.78, 5) is 20.5. The summed E-state index contributed by atoms with van der Waals surface area (Å²) in [6.07, 6.45) is 3.11. The Bertz CT molecular complexity index is 745. The van der Waals surface area contributed by atoms with Crippen molar-refractivity contribution in [3.63, 3.8) is 0 Å². The number of rotatable bonds is 6. The fourth-order valence-corrected chi connectivity index (χ4v) is 4.37. The van der Waals surface area contributed by atoms with Crippen LogP contribution in [0.3, 0.4) is 0 Å². The number of morpholine rings is 1. The molecule has 8 heteroatoms. The zero-order chi connectivity index (χ0) is 19.4. The van der Waals surface area contributed by atoms with E-state index in [0.717, 1.165) is 29.4 Å². The molecule has 0 amide bonds. The molecule has 1 aromatic rings. The smallest absolute Gasteiger partial charge is 0.338 e. The van der Waals surface area contributed by atoms with E-state index in [0.29, 0.717) is 31.0 Å². The van der Waals surface area contributed by atoms with Gasteiger partial charge in [0.05, 0.1) is 42.3 Å². The molecule has 0 aromatic carbocycles. The molecule has 0 radical (unpaired) electrons. The number of ether oxygens (including phenoxy) is 1. The molecule has 3 rings (SSSR count). The lowest BCUT2D eigenvalue weighted by Gasteiger charge is -2.44. The topological polar surface area (TPSA) is 65.9 Å². The first-order valence-electron chi connectivity index (χ1n) is 8.99. The van der Waals surface area contributed by atoms with Crippen LogP contribution in [0.4, 0.5) is 4.39 Å². The third-order valence-electron chi connectivity index (χ3n) is 4.62. The average molecular weight is 393 g/mol. The zero-order valence-electron chi connectivity index (χ0n) is 15.5. The molecular formula is C19H24FN3O3S. The number of aromatic nitrogens is 1. The predicted octanol–water partition coefficient (Wildman–Crippen LogP) is 2.69. The molecule has 27 heavy (non-hydrogen) atoms. The lowest BCUT2D eigenvalue weighted by atomic mass is 10.0. The Labute approximate surface area is 162 Å². The molecule has 2 aliphatic heterocycles. The quantitative estimate of drug-likeness (QED) is 0.797. The van der Waals surface area contributed by atoms with E-state index in [1.54, 1.807) is 6.07 Å². The molecular weight excluding hydrogens is 369 g/mol. The van der Waals surface area contributed by atoms with Crippen LogP contribution >= 0.6 is 11.8 Å². The van der Waals surface area contributed by atoms with Gasteiger partial charge in [-0.15, -0.1) is 11.8 Å². The van der Waals surface area contributed by atoms with Gasteiger partial charge in [0, 0.05) is 13.1 Å². The second-order valence-electron chi connectivity index (χ2n) is 6.43. The molecule has 0 bridgehead atoms. The molecule has 1 fully saturated rings. The Hall–Kier alpha value is -1.90. The maximum atomic E-state index is 13.3. The van der Waals surface area contributed by atoms with E-state index >= 15 is 0 Å². The van der Waals surface area contributed by atoms with Crippen molar-refractivity contribution in [2.45, 2.75) is 26.6 Å². The number of hydrogen-bond acceptors (Lipinski definition) is 6. The zero-order valence-corrected chi connectivity index (χ0v) is 16.3. The first-order valence-corrected chi connectivity index (χ1v) is 9.97. The van der Waals surface area contributed by atoms with Gasteiger partial charge in [0.25, 0.3) is 0 Å². The van der Waals surface area contributed by atoms with Gasteiger partial charge in [0.2, 0.25) is 0 Å². The minimum Gasteiger partial charge on any atom is -0.478 e. The molecule has 1 N–H and O–H groups in total. The summed E-state index contributed by atoms with van der Waals surface area (Å²) in [7, 11) is 0. The van der Waals surface area contributed by atoms with Gasteiger partial charge < -0.3 is 14.7 Å². The van der Waals surface area contributed by atoms with Gasteiger partial charge in [-0.05, 0) is 36.5 Å². The van der Waals surface area contributed by atoms with Crippen LogP contribution in [-0.2, 0) is 16.1 Å². The summed E-state index contributed by atoms with van der Waals surface area (Å²) in [6, 6.07) is 3.02. The van der Waals surface area contributed by atoms with Crippen LogP contribution in [0.1, 0.15) is 19.5 Å². The number of pyridine rings is 1. The van der Waals surface area contributed by atoms with E-state index in [1.165, 1.54) is 24.0 Å². The largest absolute Gasteiger partial charge is 0.478 e. The second kappa shape index (κ2) is 8.86. The Balaban J connectivity index is 2.00. The molecule has 1 aromatic heterocycles. The van der Waals surface area contributed by atoms with E-state index < -0.39 is 5.97 Å². The van der Waals surface area contributed by atoms with Gasteiger partial charge in [-0.25, -0.2) is 9.18 Å². The molecule has 0 aliphatic carbocycles. The highest BCUT2D eigenvalue weighted by Crippen LogP contribution is 2.36. The van der Waals surface area contributed by atoms with Crippen molar-refractivity contribution in [2.24, 2.45) is 0 Å². The van der Waals surface area contributed by atoms with E-state index in [-0.39, 0.29) is 12.0 Å². The molecule has 146 valence electrons. The van der Waals surface area contributed by atoms with E-state index in [1.807, 2.05) is 19.9 Å². The van der Waals surface area contributed by atoms with Crippen molar-refractivity contribution in [3.05, 3.63) is 52.1 Å². The summed E-state index contributed by atoms with van der Waals surface area (Å²) in [6.45, 7) is 7.10. The van der Waals surface area contributed by atoms with E-state index in [9.17, 15) is 14.3 Å². The van der Waals surface area contributed by atoms with Crippen LogP contribution in [0.15, 0.2) is 40.6 Å². The van der Waals surface area contributed by atoms with E-state index in [2.05, 4.69) is 14.8 Å². The highest BCUT2D eigenvalue weighted by Gasteiger charge is 2.34. The highest BCUT2D eigenvalue weighted by molar-refractivity contribution is 8.03. The minimum atomic E-state index is -0.933. The number of carboxylic acids is 1. The normalized spacial score (nSPS) is 21.4. The predicted molar refractivity (Wildman–Crippen MR) is 102 cm³/mol. The lowest BCUT2D eigenvalue weighted by molar-refractivity contribution is -0.132. The Morgan fingerprint density at radius 3 is 2.74 bits per heavy atom. The summed E-state index contributed by atoms with van der Waals surface area (Å²) < 4.78 is 18.7. The summed E-state index contributed by atoms with van der Waals surface area (Å²) in [5.41, 5.74) is 1.79. The summed E-state index contributed by atoms with van der Waals surface area (Å²) in [5, 5.41) is 10.5. The lowest BCUT2D eigenvalue weighted by Crippen LogP contribution is -2.52. The Morgan fingerprint density at radius 2 is 2.15 bits per heavy atom. The number of carbonyl (C=O) groups is 1. The molecule has 6 nitrogen and oxygen atoms in total. The van der Waals surface area contributed by atoms with Crippen molar-refractivity contribution < 1.29 is 19.0 Å². The van der Waals surface area contributed by atoms with Crippen LogP contribution < -0.4 is 0 Å². The number of thioether (sulfide) groups is 1. The van der Waals surface area contributed by atoms with Gasteiger partial charge in [0.1, 0.15) is 12.0 Å². The van der Waals surface area contributed by atoms with Crippen molar-refractivity contribution in [1.82, 2.24) is 14.8 Å². The van der Waals surface area contributed by atoms with Gasteiger partial charge in [-0.3, -0.25) is 9.88 Å². The van der Waals surface area contributed by atoms with Crippen LogP contribution in [-0.4, -0.2) is 64.1 Å². The maximum Gasteiger partial charge on any atom is 0.338 e. The summed E-state index contributed by atoms with van der Waals surface area (Å²) in [5.74, 6) is -0.567. The van der Waals surface area contributed by atoms with Gasteiger partial charge in [-0.1, -0.05) is 6.92 Å². The number of aliphatic carboxylic acids is 1. The fraction of sp³-hybridized carbons (Fsp3) is 0.474. The van der Waals surface area contributed by atoms with Crippen molar-refractivity contribution in [2.75, 3.05) is 32.1 Å². The minimum absolute atomic E-state index is 0.0853. The fourth-order valence-electron chi connectivity index (χ4n) is 3.37. The van der Waals surface area contributed by atoms with Crippen LogP contribution in [0.2, 0.25) is 0 Å². The molecule has 3 heterocycles. The van der Waals surface area contributed by atoms with Crippen LogP contribution in [0, 0.1) is 5.82 Å². The van der Waals surface area contributed by atoms with Crippen LogP contribution in [0.25, 0.3) is 0 Å². The first-order chi connectivity index (χ1) is 13.0. The van der Waals surface area contributed by atoms with Gasteiger partial charge in [-0.2, -0.15) is 0 Å². The average Bonchev–Trinajstić information content (AvgIpc) is 2.66. The molecule has 2 aliphatic rings. The summed E-state index contributed by atoms with van der Waals surface area (Å²) >= 11 is 1.51. The standard InChI is InChI=1S/C19H24FN3O3S/c1-3-27-18-17(19(24)25)13(2)10-16(22-6-8-26-9-7-22)23(18)12-15-5-4-14(20)11-21-15/h4-5,10-11,16H,3,6-9,12H2,1-2H3,(H,24,25). The first kappa shape index (κ1) is 19.9. The Kier molecular flexibility index (Phi) is 6.51. The maximum absolute atomic E-state index is 13.3. The number of carboxylic acid groups (broad SMARTS) is 1. The molecule has 1 unspecified atom stereocenters. The SMILES string of the molecule is CCSC1=C(C(=O)O)C(C)=CC(N2CCOCC2)N1Cc1ccc(F)cn1.